The lowest BCUT2D eigenvalue weighted by atomic mass is 10.2. The van der Waals surface area contributed by atoms with Crippen LogP contribution >= 0.6 is 38.9 Å². The van der Waals surface area contributed by atoms with Crippen molar-refractivity contribution in [1.29, 1.82) is 0 Å². The Bertz CT molecular complexity index is 580. The van der Waals surface area contributed by atoms with Gasteiger partial charge in [0.25, 0.3) is 5.91 Å². The molecule has 2 rings (SSSR count). The topological polar surface area (TPSA) is 41.5 Å². The van der Waals surface area contributed by atoms with Gasteiger partial charge < -0.3 is 0 Å². The number of hydrazone groups is 1. The molecule has 0 unspecified atom stereocenters. The van der Waals surface area contributed by atoms with Crippen molar-refractivity contribution in [2.75, 3.05) is 0 Å². The Balaban J connectivity index is 1.96. The van der Waals surface area contributed by atoms with E-state index in [1.54, 1.807) is 30.5 Å². The highest BCUT2D eigenvalue weighted by Crippen LogP contribution is 2.20. The Kier molecular flexibility index (Phi) is 4.52. The second kappa shape index (κ2) is 6.13. The van der Waals surface area contributed by atoms with E-state index < -0.39 is 0 Å². The third kappa shape index (κ3) is 3.66. The van der Waals surface area contributed by atoms with Gasteiger partial charge in [0.05, 0.1) is 10.0 Å². The van der Waals surface area contributed by atoms with Gasteiger partial charge in [-0.3, -0.25) is 4.79 Å². The molecule has 0 aliphatic rings. The molecule has 0 saturated carbocycles. The molecule has 6 heteroatoms. The summed E-state index contributed by atoms with van der Waals surface area (Å²) >= 11 is 10.6. The van der Waals surface area contributed by atoms with Crippen LogP contribution in [-0.2, 0) is 0 Å². The number of hydrogen-bond acceptors (Lipinski definition) is 3. The minimum atomic E-state index is -0.265. The lowest BCUT2D eigenvalue weighted by Crippen LogP contribution is -2.17. The standard InChI is InChI=1S/C12H8BrClN2OS/c13-11-6-5-10(18-11)7-15-16-12(17)8-1-3-9(14)4-2-8/h1-7H,(H,16,17)/b15-7+. The van der Waals surface area contributed by atoms with Gasteiger partial charge in [-0.2, -0.15) is 5.10 Å². The van der Waals surface area contributed by atoms with E-state index >= 15 is 0 Å². The van der Waals surface area contributed by atoms with Crippen molar-refractivity contribution < 1.29 is 4.79 Å². The molecule has 1 aromatic heterocycles. The van der Waals surface area contributed by atoms with E-state index in [-0.39, 0.29) is 5.91 Å². The highest BCUT2D eigenvalue weighted by Gasteiger charge is 2.03. The Hall–Kier alpha value is -1.17. The molecule has 0 atom stereocenters. The maximum absolute atomic E-state index is 11.7. The highest BCUT2D eigenvalue weighted by atomic mass is 79.9. The summed E-state index contributed by atoms with van der Waals surface area (Å²) in [5.41, 5.74) is 2.97. The average molecular weight is 344 g/mol. The normalized spacial score (nSPS) is 10.8. The van der Waals surface area contributed by atoms with Crippen molar-refractivity contribution in [2.45, 2.75) is 0 Å². The molecular formula is C12H8BrClN2OS. The van der Waals surface area contributed by atoms with Crippen LogP contribution in [-0.4, -0.2) is 12.1 Å². The molecule has 0 radical (unpaired) electrons. The zero-order chi connectivity index (χ0) is 13.0. The van der Waals surface area contributed by atoms with Gasteiger partial charge >= 0.3 is 0 Å². The van der Waals surface area contributed by atoms with Crippen LogP contribution in [0.1, 0.15) is 15.2 Å². The molecule has 0 saturated heterocycles. The van der Waals surface area contributed by atoms with Crippen molar-refractivity contribution in [3.05, 3.63) is 55.6 Å². The maximum Gasteiger partial charge on any atom is 0.271 e. The van der Waals surface area contributed by atoms with Crippen molar-refractivity contribution in [3.8, 4) is 0 Å². The van der Waals surface area contributed by atoms with E-state index in [9.17, 15) is 4.79 Å². The van der Waals surface area contributed by atoms with E-state index in [0.29, 0.717) is 10.6 Å². The first kappa shape index (κ1) is 13.3. The monoisotopic (exact) mass is 342 g/mol. The number of nitrogens with one attached hydrogen (secondary N) is 1. The molecule has 18 heavy (non-hydrogen) atoms. The van der Waals surface area contributed by atoms with Crippen LogP contribution in [0.2, 0.25) is 5.02 Å². The summed E-state index contributed by atoms with van der Waals surface area (Å²) in [7, 11) is 0. The van der Waals surface area contributed by atoms with Crippen LogP contribution in [0.15, 0.2) is 45.3 Å². The van der Waals surface area contributed by atoms with Crippen molar-refractivity contribution in [1.82, 2.24) is 5.43 Å². The van der Waals surface area contributed by atoms with Crippen molar-refractivity contribution >= 4 is 51.0 Å². The van der Waals surface area contributed by atoms with Crippen LogP contribution in [0.25, 0.3) is 0 Å². The second-order valence-corrected chi connectivity index (χ2v) is 6.28. The zero-order valence-corrected chi connectivity index (χ0v) is 12.2. The molecule has 1 N–H and O–H groups in total. The Morgan fingerprint density at radius 3 is 2.61 bits per heavy atom. The quantitative estimate of drug-likeness (QED) is 0.666. The number of carbonyl (C=O) groups is 1. The van der Waals surface area contributed by atoms with E-state index in [1.165, 1.54) is 11.3 Å². The van der Waals surface area contributed by atoms with Crippen LogP contribution in [0, 0.1) is 0 Å². The summed E-state index contributed by atoms with van der Waals surface area (Å²) in [6.07, 6.45) is 1.60. The van der Waals surface area contributed by atoms with Gasteiger partial charge in [-0.05, 0) is 52.3 Å². The minimum Gasteiger partial charge on any atom is -0.267 e. The van der Waals surface area contributed by atoms with Crippen molar-refractivity contribution in [3.63, 3.8) is 0 Å². The molecule has 0 spiro atoms. The SMILES string of the molecule is O=C(N/N=C/c1ccc(Br)s1)c1ccc(Cl)cc1. The molecule has 92 valence electrons. The summed E-state index contributed by atoms with van der Waals surface area (Å²) in [6.45, 7) is 0. The van der Waals surface area contributed by atoms with Gasteiger partial charge in [0.1, 0.15) is 0 Å². The number of benzene rings is 1. The summed E-state index contributed by atoms with van der Waals surface area (Å²) < 4.78 is 1.02. The fourth-order valence-electron chi connectivity index (χ4n) is 1.22. The molecule has 0 aliphatic carbocycles. The van der Waals surface area contributed by atoms with E-state index in [4.69, 9.17) is 11.6 Å². The van der Waals surface area contributed by atoms with Gasteiger partial charge in [-0.15, -0.1) is 11.3 Å². The van der Waals surface area contributed by atoms with Crippen molar-refractivity contribution in [2.24, 2.45) is 5.10 Å². The second-order valence-electron chi connectivity index (χ2n) is 3.35. The maximum atomic E-state index is 11.7. The Morgan fingerprint density at radius 2 is 2.00 bits per heavy atom. The van der Waals surface area contributed by atoms with E-state index in [0.717, 1.165) is 8.66 Å². The summed E-state index contributed by atoms with van der Waals surface area (Å²) in [4.78, 5) is 12.6. The molecule has 2 aromatic rings. The van der Waals surface area contributed by atoms with Gasteiger partial charge in [0, 0.05) is 15.5 Å². The third-order valence-electron chi connectivity index (χ3n) is 2.06. The largest absolute Gasteiger partial charge is 0.271 e. The molecular weight excluding hydrogens is 336 g/mol. The van der Waals surface area contributed by atoms with Gasteiger partial charge in [0.15, 0.2) is 0 Å². The highest BCUT2D eigenvalue weighted by molar-refractivity contribution is 9.11. The number of nitrogens with zero attached hydrogens (tertiary/aromatic N) is 1. The first-order valence-corrected chi connectivity index (χ1v) is 6.98. The fraction of sp³-hybridized carbons (Fsp3) is 0. The first-order valence-electron chi connectivity index (χ1n) is 4.99. The number of carbonyl (C=O) groups excluding carboxylic acids is 1. The lowest BCUT2D eigenvalue weighted by molar-refractivity contribution is 0.0955. The number of hydrogen-bond donors (Lipinski definition) is 1. The van der Waals surface area contributed by atoms with Crippen LogP contribution in [0.5, 0.6) is 0 Å². The van der Waals surface area contributed by atoms with Crippen LogP contribution < -0.4 is 5.43 Å². The number of halogens is 2. The van der Waals surface area contributed by atoms with Gasteiger partial charge in [-0.25, -0.2) is 5.43 Å². The van der Waals surface area contributed by atoms with Crippen LogP contribution in [0.4, 0.5) is 0 Å². The number of amides is 1. The molecule has 1 aromatic carbocycles. The number of thiophene rings is 1. The van der Waals surface area contributed by atoms with Gasteiger partial charge in [0.2, 0.25) is 0 Å². The smallest absolute Gasteiger partial charge is 0.267 e. The lowest BCUT2D eigenvalue weighted by Gasteiger charge is -1.98. The molecule has 1 amide bonds. The first-order chi connectivity index (χ1) is 8.65. The molecule has 0 aliphatic heterocycles. The molecule has 1 heterocycles. The predicted octanol–water partition coefficient (Wildman–Crippen LogP) is 3.93. The average Bonchev–Trinajstić information content (AvgIpc) is 2.76. The minimum absolute atomic E-state index is 0.265. The van der Waals surface area contributed by atoms with E-state index in [1.807, 2.05) is 12.1 Å². The van der Waals surface area contributed by atoms with E-state index in [2.05, 4.69) is 26.5 Å². The summed E-state index contributed by atoms with van der Waals surface area (Å²) in [6, 6.07) is 10.5. The predicted molar refractivity (Wildman–Crippen MR) is 78.5 cm³/mol. The summed E-state index contributed by atoms with van der Waals surface area (Å²) in [5, 5.41) is 4.48. The Labute approximate surface area is 122 Å². The molecule has 3 nitrogen and oxygen atoms in total. The number of rotatable bonds is 3. The summed E-state index contributed by atoms with van der Waals surface area (Å²) in [5.74, 6) is -0.265. The fourth-order valence-corrected chi connectivity index (χ4v) is 2.64. The molecule has 0 fully saturated rings. The molecule has 0 bridgehead atoms. The Morgan fingerprint density at radius 1 is 1.28 bits per heavy atom. The van der Waals surface area contributed by atoms with Gasteiger partial charge in [-0.1, -0.05) is 11.6 Å². The zero-order valence-electron chi connectivity index (χ0n) is 9.06. The van der Waals surface area contributed by atoms with Crippen LogP contribution in [0.3, 0.4) is 0 Å². The third-order valence-corrected chi connectivity index (χ3v) is 3.87.